The molecule has 0 aliphatic carbocycles. The molecular formula is C18H18O4. The van der Waals surface area contributed by atoms with E-state index < -0.39 is 17.5 Å². The van der Waals surface area contributed by atoms with Crippen molar-refractivity contribution >= 4 is 11.9 Å². The van der Waals surface area contributed by atoms with Gasteiger partial charge in [-0.05, 0) is 44.0 Å². The summed E-state index contributed by atoms with van der Waals surface area (Å²) in [7, 11) is 0. The number of carbonyl (C=O) groups excluding carboxylic acids is 1. The fourth-order valence-corrected chi connectivity index (χ4v) is 2.05. The molecule has 0 spiro atoms. The minimum atomic E-state index is -1.08. The molecule has 0 aliphatic heterocycles. The summed E-state index contributed by atoms with van der Waals surface area (Å²) >= 11 is 0. The largest absolute Gasteiger partial charge is 0.478 e. The lowest BCUT2D eigenvalue weighted by atomic mass is 9.97. The fraction of sp³-hybridized carbons (Fsp3) is 0.222. The van der Waals surface area contributed by atoms with Gasteiger partial charge in [0.25, 0.3) is 0 Å². The number of rotatable bonds is 3. The van der Waals surface area contributed by atoms with Gasteiger partial charge in [-0.3, -0.25) is 0 Å². The molecule has 0 fully saturated rings. The molecular weight excluding hydrogens is 280 g/mol. The maximum absolute atomic E-state index is 12.4. The minimum absolute atomic E-state index is 0.0561. The van der Waals surface area contributed by atoms with Gasteiger partial charge in [0.1, 0.15) is 5.60 Å². The summed E-state index contributed by atoms with van der Waals surface area (Å²) < 4.78 is 5.39. The summed E-state index contributed by atoms with van der Waals surface area (Å²) in [6, 6.07) is 13.8. The van der Waals surface area contributed by atoms with Crippen molar-refractivity contribution in [3.8, 4) is 11.1 Å². The van der Waals surface area contributed by atoms with E-state index in [2.05, 4.69) is 0 Å². The Morgan fingerprint density at radius 2 is 1.64 bits per heavy atom. The van der Waals surface area contributed by atoms with Gasteiger partial charge in [0, 0.05) is 0 Å². The lowest BCUT2D eigenvalue weighted by Gasteiger charge is -2.21. The summed E-state index contributed by atoms with van der Waals surface area (Å²) in [4.78, 5) is 23.6. The highest BCUT2D eigenvalue weighted by Gasteiger charge is 2.22. The number of ether oxygens (including phenoxy) is 1. The van der Waals surface area contributed by atoms with Crippen LogP contribution in [-0.2, 0) is 4.74 Å². The Labute approximate surface area is 129 Å². The van der Waals surface area contributed by atoms with Crippen LogP contribution in [0.1, 0.15) is 41.5 Å². The van der Waals surface area contributed by atoms with E-state index in [0.717, 1.165) is 5.56 Å². The van der Waals surface area contributed by atoms with E-state index in [1.807, 2.05) is 30.3 Å². The Hall–Kier alpha value is -2.62. The van der Waals surface area contributed by atoms with Gasteiger partial charge in [0.15, 0.2) is 0 Å². The molecule has 4 nitrogen and oxygen atoms in total. The predicted octanol–water partition coefficient (Wildman–Crippen LogP) is 4.01. The van der Waals surface area contributed by atoms with Gasteiger partial charge in [-0.15, -0.1) is 0 Å². The summed E-state index contributed by atoms with van der Waals surface area (Å²) in [6.45, 7) is 5.32. The molecule has 1 N–H and O–H groups in total. The lowest BCUT2D eigenvalue weighted by molar-refractivity contribution is 0.00704. The molecule has 0 amide bonds. The number of hydrogen-bond acceptors (Lipinski definition) is 3. The van der Waals surface area contributed by atoms with Crippen LogP contribution in [0.3, 0.4) is 0 Å². The van der Waals surface area contributed by atoms with Crippen molar-refractivity contribution in [3.05, 3.63) is 59.7 Å². The van der Waals surface area contributed by atoms with Gasteiger partial charge < -0.3 is 9.84 Å². The third kappa shape index (κ3) is 3.73. The highest BCUT2D eigenvalue weighted by molar-refractivity contribution is 6.00. The van der Waals surface area contributed by atoms with Gasteiger partial charge in [0.2, 0.25) is 0 Å². The molecule has 0 heterocycles. The fourth-order valence-electron chi connectivity index (χ4n) is 2.05. The molecule has 0 aliphatic rings. The van der Waals surface area contributed by atoms with Crippen LogP contribution in [0.15, 0.2) is 48.5 Å². The SMILES string of the molecule is CC(C)(C)OC(=O)c1cc(C(=O)O)ccc1-c1ccccc1. The van der Waals surface area contributed by atoms with Gasteiger partial charge in [-0.1, -0.05) is 36.4 Å². The number of carboxylic acid groups (broad SMARTS) is 1. The Bertz CT molecular complexity index is 697. The van der Waals surface area contributed by atoms with Crippen molar-refractivity contribution in [1.29, 1.82) is 0 Å². The van der Waals surface area contributed by atoms with E-state index in [0.29, 0.717) is 5.56 Å². The van der Waals surface area contributed by atoms with Crippen molar-refractivity contribution < 1.29 is 19.4 Å². The number of aromatic carboxylic acids is 1. The molecule has 114 valence electrons. The lowest BCUT2D eigenvalue weighted by Crippen LogP contribution is -2.24. The van der Waals surface area contributed by atoms with Crippen molar-refractivity contribution in [1.82, 2.24) is 0 Å². The van der Waals surface area contributed by atoms with E-state index in [-0.39, 0.29) is 11.1 Å². The topological polar surface area (TPSA) is 63.6 Å². The summed E-state index contributed by atoms with van der Waals surface area (Å²) in [5.74, 6) is -1.61. The van der Waals surface area contributed by atoms with Crippen LogP contribution in [0.2, 0.25) is 0 Å². The third-order valence-corrected chi connectivity index (χ3v) is 2.97. The first-order chi connectivity index (χ1) is 10.3. The quantitative estimate of drug-likeness (QED) is 0.870. The monoisotopic (exact) mass is 298 g/mol. The molecule has 2 aromatic carbocycles. The summed E-state index contributed by atoms with van der Waals surface area (Å²) in [6.07, 6.45) is 0. The van der Waals surface area contributed by atoms with Crippen LogP contribution in [0.5, 0.6) is 0 Å². The summed E-state index contributed by atoms with van der Waals surface area (Å²) in [5.41, 5.74) is 1.14. The van der Waals surface area contributed by atoms with Gasteiger partial charge in [-0.25, -0.2) is 9.59 Å². The molecule has 0 aromatic heterocycles. The third-order valence-electron chi connectivity index (χ3n) is 2.97. The van der Waals surface area contributed by atoms with Crippen LogP contribution in [0, 0.1) is 0 Å². The van der Waals surface area contributed by atoms with E-state index in [4.69, 9.17) is 9.84 Å². The minimum Gasteiger partial charge on any atom is -0.478 e. The number of hydrogen-bond donors (Lipinski definition) is 1. The Balaban J connectivity index is 2.54. The van der Waals surface area contributed by atoms with E-state index in [1.54, 1.807) is 26.8 Å². The molecule has 0 saturated carbocycles. The average Bonchev–Trinajstić information content (AvgIpc) is 2.45. The Morgan fingerprint density at radius 1 is 1.00 bits per heavy atom. The van der Waals surface area contributed by atoms with Crippen molar-refractivity contribution in [2.75, 3.05) is 0 Å². The van der Waals surface area contributed by atoms with Crippen molar-refractivity contribution in [2.24, 2.45) is 0 Å². The first kappa shape index (κ1) is 15.8. The van der Waals surface area contributed by atoms with Crippen molar-refractivity contribution in [2.45, 2.75) is 26.4 Å². The highest BCUT2D eigenvalue weighted by atomic mass is 16.6. The summed E-state index contributed by atoms with van der Waals surface area (Å²) in [5, 5.41) is 9.13. The zero-order valence-electron chi connectivity index (χ0n) is 12.8. The van der Waals surface area contributed by atoms with Gasteiger partial charge in [-0.2, -0.15) is 0 Å². The maximum atomic E-state index is 12.4. The maximum Gasteiger partial charge on any atom is 0.339 e. The van der Waals surface area contributed by atoms with Crippen LogP contribution >= 0.6 is 0 Å². The average molecular weight is 298 g/mol. The number of carboxylic acids is 1. The molecule has 0 saturated heterocycles. The van der Waals surface area contributed by atoms with Crippen LogP contribution in [0.4, 0.5) is 0 Å². The Kier molecular flexibility index (Phi) is 4.31. The van der Waals surface area contributed by atoms with Crippen LogP contribution in [-0.4, -0.2) is 22.6 Å². The second-order valence-corrected chi connectivity index (χ2v) is 5.93. The van der Waals surface area contributed by atoms with E-state index >= 15 is 0 Å². The number of carbonyl (C=O) groups is 2. The number of benzene rings is 2. The first-order valence-electron chi connectivity index (χ1n) is 6.94. The first-order valence-corrected chi connectivity index (χ1v) is 6.94. The second kappa shape index (κ2) is 6.02. The predicted molar refractivity (Wildman–Crippen MR) is 84.0 cm³/mol. The smallest absolute Gasteiger partial charge is 0.339 e. The molecule has 0 atom stereocenters. The molecule has 0 radical (unpaired) electrons. The van der Waals surface area contributed by atoms with E-state index in [9.17, 15) is 9.59 Å². The molecule has 22 heavy (non-hydrogen) atoms. The van der Waals surface area contributed by atoms with Crippen molar-refractivity contribution in [3.63, 3.8) is 0 Å². The van der Waals surface area contributed by atoms with Crippen LogP contribution in [0.25, 0.3) is 11.1 Å². The molecule has 2 rings (SSSR count). The van der Waals surface area contributed by atoms with E-state index in [1.165, 1.54) is 12.1 Å². The molecule has 0 bridgehead atoms. The van der Waals surface area contributed by atoms with Gasteiger partial charge in [0.05, 0.1) is 11.1 Å². The highest BCUT2D eigenvalue weighted by Crippen LogP contribution is 2.26. The zero-order chi connectivity index (χ0) is 16.3. The molecule has 2 aromatic rings. The molecule has 0 unspecified atom stereocenters. The van der Waals surface area contributed by atoms with Gasteiger partial charge >= 0.3 is 11.9 Å². The van der Waals surface area contributed by atoms with Crippen LogP contribution < -0.4 is 0 Å². The standard InChI is InChI=1S/C18H18O4/c1-18(2,3)22-17(21)15-11-13(16(19)20)9-10-14(15)12-7-5-4-6-8-12/h4-11H,1-3H3,(H,19,20). The number of esters is 1. The normalized spacial score (nSPS) is 11.0. The molecule has 4 heteroatoms. The zero-order valence-corrected chi connectivity index (χ0v) is 12.8. The second-order valence-electron chi connectivity index (χ2n) is 5.93. The Morgan fingerprint density at radius 3 is 2.18 bits per heavy atom.